The summed E-state index contributed by atoms with van der Waals surface area (Å²) in [4.78, 5) is 34.9. The number of alkyl halides is 3. The Balaban J connectivity index is 1.04. The van der Waals surface area contributed by atoms with Crippen LogP contribution in [0.3, 0.4) is 0 Å². The van der Waals surface area contributed by atoms with Crippen LogP contribution in [0.2, 0.25) is 0 Å². The molecular weight excluding hydrogens is 527 g/mol. The number of nitrogens with zero attached hydrogens (tertiary/aromatic N) is 6. The van der Waals surface area contributed by atoms with Crippen LogP contribution in [0, 0.1) is 23.2 Å². The lowest BCUT2D eigenvalue weighted by molar-refractivity contribution is -0.139. The van der Waals surface area contributed by atoms with Gasteiger partial charge in [0.25, 0.3) is 5.56 Å². The number of carbonyl (C=O) groups excluding carboxylic acids is 1. The molecular formula is C27H32F3N7O3. The van der Waals surface area contributed by atoms with Crippen molar-refractivity contribution in [2.75, 3.05) is 55.7 Å². The fraction of sp³-hybridized carbons (Fsp3) is 0.593. The summed E-state index contributed by atoms with van der Waals surface area (Å²) in [5, 5.41) is 14.4. The number of pyridine rings is 1. The van der Waals surface area contributed by atoms with Crippen molar-refractivity contribution < 1.29 is 22.7 Å². The quantitative estimate of drug-likeness (QED) is 0.574. The average Bonchev–Trinajstić information content (AvgIpc) is 3.44. The van der Waals surface area contributed by atoms with E-state index in [1.807, 2.05) is 16.1 Å². The lowest BCUT2D eigenvalue weighted by atomic mass is 9.86. The second-order valence-electron chi connectivity index (χ2n) is 10.7. The predicted octanol–water partition coefficient (Wildman–Crippen LogP) is 2.81. The molecule has 2 aliphatic heterocycles. The molecule has 3 aliphatic rings. The number of ether oxygens (including phenoxy) is 1. The molecule has 1 amide bonds. The minimum Gasteiger partial charge on any atom is -0.378 e. The Labute approximate surface area is 229 Å². The first kappa shape index (κ1) is 27.9. The van der Waals surface area contributed by atoms with E-state index in [-0.39, 0.29) is 29.5 Å². The molecule has 1 aliphatic carbocycles. The molecule has 0 aromatic carbocycles. The summed E-state index contributed by atoms with van der Waals surface area (Å²) < 4.78 is 46.4. The highest BCUT2D eigenvalue weighted by atomic mass is 19.4. The second-order valence-corrected chi connectivity index (χ2v) is 10.7. The topological polar surface area (TPSA) is 118 Å². The summed E-state index contributed by atoms with van der Waals surface area (Å²) in [7, 11) is 0. The van der Waals surface area contributed by atoms with Gasteiger partial charge in [0.15, 0.2) is 0 Å². The molecule has 1 saturated carbocycles. The molecule has 10 nitrogen and oxygen atoms in total. The van der Waals surface area contributed by atoms with Crippen molar-refractivity contribution in [3.8, 4) is 6.07 Å². The summed E-state index contributed by atoms with van der Waals surface area (Å²) in [5.74, 6) is 1.03. The molecule has 40 heavy (non-hydrogen) atoms. The number of amides is 1. The molecule has 13 heteroatoms. The molecule has 4 heterocycles. The molecule has 2 saturated heterocycles. The molecule has 0 radical (unpaired) electrons. The highest BCUT2D eigenvalue weighted by molar-refractivity contribution is 5.79. The van der Waals surface area contributed by atoms with Gasteiger partial charge < -0.3 is 19.4 Å². The van der Waals surface area contributed by atoms with Gasteiger partial charge in [0, 0.05) is 57.3 Å². The number of H-pyrrole nitrogens is 1. The summed E-state index contributed by atoms with van der Waals surface area (Å²) in [6.07, 6.45) is 1.63. The van der Waals surface area contributed by atoms with E-state index in [0.717, 1.165) is 37.7 Å². The van der Waals surface area contributed by atoms with Crippen LogP contribution in [0.1, 0.15) is 43.2 Å². The molecule has 1 N–H and O–H groups in total. The zero-order valence-electron chi connectivity index (χ0n) is 22.1. The normalized spacial score (nSPS) is 23.8. The van der Waals surface area contributed by atoms with E-state index in [9.17, 15) is 22.8 Å². The van der Waals surface area contributed by atoms with Crippen LogP contribution in [0.25, 0.3) is 0 Å². The van der Waals surface area contributed by atoms with Crippen LogP contribution >= 0.6 is 0 Å². The number of halogens is 3. The lowest BCUT2D eigenvalue weighted by Gasteiger charge is -2.38. The van der Waals surface area contributed by atoms with E-state index in [0.29, 0.717) is 57.9 Å². The Morgan fingerprint density at radius 3 is 2.45 bits per heavy atom. The summed E-state index contributed by atoms with van der Waals surface area (Å²) in [5.41, 5.74) is -2.11. The Morgan fingerprint density at radius 2 is 1.80 bits per heavy atom. The average molecular weight is 560 g/mol. The van der Waals surface area contributed by atoms with Crippen molar-refractivity contribution in [3.05, 3.63) is 46.0 Å². The fourth-order valence-electron chi connectivity index (χ4n) is 5.89. The van der Waals surface area contributed by atoms with Gasteiger partial charge in [0.2, 0.25) is 5.91 Å². The van der Waals surface area contributed by atoms with Crippen molar-refractivity contribution in [2.45, 2.75) is 44.4 Å². The highest BCUT2D eigenvalue weighted by Crippen LogP contribution is 2.36. The molecule has 3 fully saturated rings. The van der Waals surface area contributed by atoms with Crippen molar-refractivity contribution in [2.24, 2.45) is 11.8 Å². The first-order chi connectivity index (χ1) is 19.2. The minimum atomic E-state index is -4.76. The number of hydrogen-bond donors (Lipinski definition) is 1. The smallest absolute Gasteiger partial charge is 0.378 e. The number of aromatic amines is 1. The van der Waals surface area contributed by atoms with Gasteiger partial charge in [0.05, 0.1) is 30.2 Å². The Bertz CT molecular complexity index is 1280. The van der Waals surface area contributed by atoms with E-state index in [2.05, 4.69) is 21.1 Å². The number of anilines is 2. The van der Waals surface area contributed by atoms with Gasteiger partial charge in [-0.1, -0.05) is 0 Å². The molecule has 0 spiro atoms. The Kier molecular flexibility index (Phi) is 8.25. The highest BCUT2D eigenvalue weighted by Gasteiger charge is 2.40. The van der Waals surface area contributed by atoms with Gasteiger partial charge in [-0.05, 0) is 44.2 Å². The van der Waals surface area contributed by atoms with Crippen molar-refractivity contribution in [1.29, 1.82) is 5.26 Å². The molecule has 1 atom stereocenters. The van der Waals surface area contributed by atoms with Gasteiger partial charge in [-0.25, -0.2) is 10.1 Å². The van der Waals surface area contributed by atoms with Crippen LogP contribution in [0.15, 0.2) is 29.3 Å². The number of aromatic nitrogens is 3. The predicted molar refractivity (Wildman–Crippen MR) is 140 cm³/mol. The molecule has 214 valence electrons. The maximum atomic E-state index is 13.4. The van der Waals surface area contributed by atoms with E-state index >= 15 is 0 Å². The maximum Gasteiger partial charge on any atom is 0.423 e. The maximum absolute atomic E-state index is 13.4. The number of carbonyl (C=O) groups is 1. The third-order valence-corrected chi connectivity index (χ3v) is 8.13. The number of nitriles is 1. The van der Waals surface area contributed by atoms with Crippen molar-refractivity contribution in [3.63, 3.8) is 0 Å². The van der Waals surface area contributed by atoms with Crippen LogP contribution in [-0.2, 0) is 15.7 Å². The molecule has 2 aromatic heterocycles. The van der Waals surface area contributed by atoms with Crippen LogP contribution in [-0.4, -0.2) is 78.0 Å². The summed E-state index contributed by atoms with van der Waals surface area (Å²) in [6, 6.07) is 5.64. The molecule has 5 rings (SSSR count). The van der Waals surface area contributed by atoms with Crippen LogP contribution in [0.4, 0.5) is 24.7 Å². The third-order valence-electron chi connectivity index (χ3n) is 8.13. The van der Waals surface area contributed by atoms with Gasteiger partial charge in [-0.2, -0.15) is 23.5 Å². The van der Waals surface area contributed by atoms with Crippen molar-refractivity contribution in [1.82, 2.24) is 20.1 Å². The second kappa shape index (κ2) is 11.8. The van der Waals surface area contributed by atoms with E-state index in [4.69, 9.17) is 10.00 Å². The van der Waals surface area contributed by atoms with E-state index in [1.165, 1.54) is 0 Å². The van der Waals surface area contributed by atoms with Gasteiger partial charge >= 0.3 is 6.18 Å². The zero-order valence-corrected chi connectivity index (χ0v) is 22.1. The number of nitrogens with one attached hydrogen (secondary N) is 1. The first-order valence-corrected chi connectivity index (χ1v) is 13.6. The number of piperazine rings is 1. The minimum absolute atomic E-state index is 0.0223. The lowest BCUT2D eigenvalue weighted by Crippen LogP contribution is -2.51. The first-order valence-electron chi connectivity index (χ1n) is 13.6. The Hall–Kier alpha value is -3.66. The SMILES string of the molecule is N#Cc1ccc(N2CCN(C(=O)C3CCC(OCC4CCN(c5cn[nH]c(=O)c5C(F)(F)F)C4)CC3)CC2)nc1. The number of rotatable bonds is 6. The molecule has 0 bridgehead atoms. The van der Waals surface area contributed by atoms with Gasteiger partial charge in [-0.15, -0.1) is 0 Å². The fourth-order valence-corrected chi connectivity index (χ4v) is 5.89. The molecule has 1 unspecified atom stereocenters. The van der Waals surface area contributed by atoms with E-state index in [1.54, 1.807) is 17.2 Å². The zero-order chi connectivity index (χ0) is 28.3. The van der Waals surface area contributed by atoms with Crippen LogP contribution in [0.5, 0.6) is 0 Å². The van der Waals surface area contributed by atoms with E-state index < -0.39 is 17.3 Å². The standard InChI is InChI=1S/C27H32F3N7O3/c28-27(29,30)24-22(15-33-34-25(24)38)37-8-7-19(16-37)17-40-21-4-2-20(3-5-21)26(39)36-11-9-35(10-12-36)23-6-1-18(13-31)14-32-23/h1,6,14-15,19-21H,2-5,7-12,16-17H2,(H,34,38). The summed E-state index contributed by atoms with van der Waals surface area (Å²) in [6.45, 7) is 3.85. The molecule has 2 aromatic rings. The van der Waals surface area contributed by atoms with Gasteiger partial charge in [0.1, 0.15) is 17.5 Å². The Morgan fingerprint density at radius 1 is 1.05 bits per heavy atom. The van der Waals surface area contributed by atoms with Gasteiger partial charge in [-0.3, -0.25) is 9.59 Å². The summed E-state index contributed by atoms with van der Waals surface area (Å²) >= 11 is 0. The monoisotopic (exact) mass is 559 g/mol. The number of hydrogen-bond acceptors (Lipinski definition) is 8. The largest absolute Gasteiger partial charge is 0.423 e. The van der Waals surface area contributed by atoms with Crippen molar-refractivity contribution >= 4 is 17.4 Å². The van der Waals surface area contributed by atoms with Crippen LogP contribution < -0.4 is 15.4 Å². The third kappa shape index (κ3) is 6.22.